The molecule has 2 aromatic carbocycles. The molecule has 0 bridgehead atoms. The van der Waals surface area contributed by atoms with E-state index in [9.17, 15) is 4.79 Å². The Morgan fingerprint density at radius 2 is 1.35 bits per heavy atom. The van der Waals surface area contributed by atoms with Crippen LogP contribution >= 0.6 is 0 Å². The predicted octanol–water partition coefficient (Wildman–Crippen LogP) is 5.53. The van der Waals surface area contributed by atoms with Crippen LogP contribution in [0.25, 0.3) is 11.8 Å². The predicted molar refractivity (Wildman–Crippen MR) is 127 cm³/mol. The number of aromatic nitrogens is 2. The van der Waals surface area contributed by atoms with Gasteiger partial charge >= 0.3 is 0 Å². The Morgan fingerprint density at radius 1 is 0.774 bits per heavy atom. The summed E-state index contributed by atoms with van der Waals surface area (Å²) in [6, 6.07) is 12.3. The molecular weight excluding hydrogens is 384 g/mol. The molecule has 0 N–H and O–H groups in total. The summed E-state index contributed by atoms with van der Waals surface area (Å²) in [5.41, 5.74) is 10.8. The molecule has 0 aliphatic carbocycles. The fourth-order valence-corrected chi connectivity index (χ4v) is 3.83. The molecule has 1 aromatic heterocycles. The average molecular weight is 413 g/mol. The molecule has 0 radical (unpaired) electrons. The standard InChI is InChI=1S/C26H28N4O/c1-15-8-10-22(12-17(15)3)29-21(7)24(19(5)27-29)14-25-20(6)28-30(26(25)31)23-11-9-16(2)18(4)13-23/h8-14H,1-7H3/b25-14+. The third kappa shape index (κ3) is 3.61. The first-order valence-corrected chi connectivity index (χ1v) is 10.5. The molecule has 1 aliphatic rings. The van der Waals surface area contributed by atoms with Crippen molar-refractivity contribution in [1.82, 2.24) is 9.78 Å². The summed E-state index contributed by atoms with van der Waals surface area (Å²) < 4.78 is 1.95. The Labute approximate surface area is 183 Å². The maximum Gasteiger partial charge on any atom is 0.280 e. The number of aryl methyl sites for hydroxylation is 5. The Bertz CT molecular complexity index is 1280. The Hall–Kier alpha value is -3.47. The normalized spacial score (nSPS) is 15.2. The molecule has 4 rings (SSSR count). The zero-order chi connectivity index (χ0) is 22.4. The van der Waals surface area contributed by atoms with Gasteiger partial charge in [-0.25, -0.2) is 4.68 Å². The van der Waals surface area contributed by atoms with Crippen LogP contribution in [-0.2, 0) is 4.79 Å². The van der Waals surface area contributed by atoms with Gasteiger partial charge in [-0.05, 0) is 101 Å². The molecule has 3 aromatic rings. The number of amides is 1. The van der Waals surface area contributed by atoms with E-state index in [0.717, 1.165) is 33.9 Å². The van der Waals surface area contributed by atoms with E-state index >= 15 is 0 Å². The van der Waals surface area contributed by atoms with E-state index in [-0.39, 0.29) is 5.91 Å². The van der Waals surface area contributed by atoms with Crippen LogP contribution in [0.15, 0.2) is 47.1 Å². The second-order valence-corrected chi connectivity index (χ2v) is 8.39. The highest BCUT2D eigenvalue weighted by Gasteiger charge is 2.29. The van der Waals surface area contributed by atoms with Gasteiger partial charge < -0.3 is 0 Å². The molecule has 0 fully saturated rings. The summed E-state index contributed by atoms with van der Waals surface area (Å²) in [4.78, 5) is 13.2. The van der Waals surface area contributed by atoms with Crippen LogP contribution in [0.3, 0.4) is 0 Å². The fourth-order valence-electron chi connectivity index (χ4n) is 3.83. The van der Waals surface area contributed by atoms with Crippen molar-refractivity contribution in [3.05, 3.63) is 81.2 Å². The summed E-state index contributed by atoms with van der Waals surface area (Å²) in [6.07, 6.45) is 1.93. The monoisotopic (exact) mass is 412 g/mol. The molecule has 2 heterocycles. The molecule has 0 spiro atoms. The largest absolute Gasteiger partial charge is 0.280 e. The van der Waals surface area contributed by atoms with Crippen molar-refractivity contribution < 1.29 is 4.79 Å². The van der Waals surface area contributed by atoms with Crippen molar-refractivity contribution >= 4 is 23.4 Å². The smallest absolute Gasteiger partial charge is 0.267 e. The summed E-state index contributed by atoms with van der Waals surface area (Å²) in [7, 11) is 0. The molecule has 1 amide bonds. The summed E-state index contributed by atoms with van der Waals surface area (Å²) in [5.74, 6) is -0.113. The highest BCUT2D eigenvalue weighted by molar-refractivity contribution is 6.32. The number of hydrogen-bond acceptors (Lipinski definition) is 3. The van der Waals surface area contributed by atoms with Gasteiger partial charge in [0.05, 0.1) is 28.4 Å². The van der Waals surface area contributed by atoms with Crippen LogP contribution in [0.4, 0.5) is 5.69 Å². The van der Waals surface area contributed by atoms with Crippen molar-refractivity contribution in [3.8, 4) is 5.69 Å². The minimum atomic E-state index is -0.113. The molecular formula is C26H28N4O. The van der Waals surface area contributed by atoms with Crippen LogP contribution in [0, 0.1) is 41.5 Å². The zero-order valence-corrected chi connectivity index (χ0v) is 19.2. The first-order chi connectivity index (χ1) is 14.7. The van der Waals surface area contributed by atoms with Gasteiger partial charge in [0.2, 0.25) is 0 Å². The maximum atomic E-state index is 13.2. The first-order valence-electron chi connectivity index (χ1n) is 10.5. The third-order valence-electron chi connectivity index (χ3n) is 6.17. The second-order valence-electron chi connectivity index (χ2n) is 8.39. The van der Waals surface area contributed by atoms with E-state index in [1.54, 1.807) is 0 Å². The molecule has 0 saturated carbocycles. The Morgan fingerprint density at radius 3 is 1.97 bits per heavy atom. The molecule has 5 nitrogen and oxygen atoms in total. The highest BCUT2D eigenvalue weighted by atomic mass is 16.2. The maximum absolute atomic E-state index is 13.2. The van der Waals surface area contributed by atoms with Crippen molar-refractivity contribution in [2.75, 3.05) is 5.01 Å². The minimum Gasteiger partial charge on any atom is -0.267 e. The number of anilines is 1. The number of benzene rings is 2. The lowest BCUT2D eigenvalue weighted by Crippen LogP contribution is -2.21. The van der Waals surface area contributed by atoms with Gasteiger partial charge in [0.1, 0.15) is 0 Å². The molecule has 0 unspecified atom stereocenters. The number of hydrazone groups is 1. The average Bonchev–Trinajstić information content (AvgIpc) is 3.17. The molecule has 5 heteroatoms. The summed E-state index contributed by atoms with van der Waals surface area (Å²) >= 11 is 0. The number of hydrogen-bond donors (Lipinski definition) is 0. The van der Waals surface area contributed by atoms with Gasteiger partial charge in [-0.15, -0.1) is 0 Å². The summed E-state index contributed by atoms with van der Waals surface area (Å²) in [6.45, 7) is 14.2. The van der Waals surface area contributed by atoms with E-state index in [1.165, 1.54) is 21.7 Å². The van der Waals surface area contributed by atoms with E-state index in [4.69, 9.17) is 5.10 Å². The van der Waals surface area contributed by atoms with Gasteiger partial charge in [0.15, 0.2) is 0 Å². The van der Waals surface area contributed by atoms with Crippen LogP contribution in [0.5, 0.6) is 0 Å². The zero-order valence-electron chi connectivity index (χ0n) is 19.2. The fraction of sp³-hybridized carbons (Fsp3) is 0.269. The van der Waals surface area contributed by atoms with Gasteiger partial charge in [0.25, 0.3) is 5.91 Å². The van der Waals surface area contributed by atoms with Crippen molar-refractivity contribution in [1.29, 1.82) is 0 Å². The SMILES string of the molecule is CC1=NN(c2ccc(C)c(C)c2)C(=O)/C1=C/c1c(C)nn(-c2ccc(C)c(C)c2)c1C. The lowest BCUT2D eigenvalue weighted by atomic mass is 10.1. The van der Waals surface area contributed by atoms with Gasteiger partial charge in [-0.1, -0.05) is 12.1 Å². The second kappa shape index (κ2) is 7.65. The van der Waals surface area contributed by atoms with E-state index in [0.29, 0.717) is 11.3 Å². The summed E-state index contributed by atoms with van der Waals surface area (Å²) in [5, 5.41) is 10.8. The quantitative estimate of drug-likeness (QED) is 0.531. The molecule has 0 atom stereocenters. The topological polar surface area (TPSA) is 50.5 Å². The van der Waals surface area contributed by atoms with E-state index < -0.39 is 0 Å². The Kier molecular flexibility index (Phi) is 5.13. The lowest BCUT2D eigenvalue weighted by molar-refractivity contribution is -0.114. The number of nitrogens with zero attached hydrogens (tertiary/aromatic N) is 4. The van der Waals surface area contributed by atoms with Gasteiger partial charge in [-0.3, -0.25) is 4.79 Å². The third-order valence-corrected chi connectivity index (χ3v) is 6.17. The molecule has 0 saturated heterocycles. The van der Waals surface area contributed by atoms with E-state index in [2.05, 4.69) is 44.1 Å². The van der Waals surface area contributed by atoms with Crippen LogP contribution in [0.1, 0.15) is 46.1 Å². The minimum absolute atomic E-state index is 0.113. The van der Waals surface area contributed by atoms with Crippen LogP contribution in [-0.4, -0.2) is 21.4 Å². The lowest BCUT2D eigenvalue weighted by Gasteiger charge is -2.13. The van der Waals surface area contributed by atoms with E-state index in [1.807, 2.05) is 56.7 Å². The molecule has 1 aliphatic heterocycles. The number of carbonyl (C=O) groups is 1. The van der Waals surface area contributed by atoms with Gasteiger partial charge in [-0.2, -0.15) is 15.2 Å². The molecule has 158 valence electrons. The van der Waals surface area contributed by atoms with Crippen molar-refractivity contribution in [3.63, 3.8) is 0 Å². The van der Waals surface area contributed by atoms with Crippen molar-refractivity contribution in [2.45, 2.75) is 48.5 Å². The van der Waals surface area contributed by atoms with Crippen molar-refractivity contribution in [2.24, 2.45) is 5.10 Å². The molecule has 31 heavy (non-hydrogen) atoms. The number of rotatable bonds is 3. The Balaban J connectivity index is 1.73. The van der Waals surface area contributed by atoms with Gasteiger partial charge in [0, 0.05) is 11.3 Å². The first kappa shape index (κ1) is 20.8. The highest BCUT2D eigenvalue weighted by Crippen LogP contribution is 2.28. The number of carbonyl (C=O) groups excluding carboxylic acids is 1. The van der Waals surface area contributed by atoms with Crippen LogP contribution in [0.2, 0.25) is 0 Å². The van der Waals surface area contributed by atoms with Crippen LogP contribution < -0.4 is 5.01 Å².